The van der Waals surface area contributed by atoms with Gasteiger partial charge in [-0.2, -0.15) is 5.10 Å². The van der Waals surface area contributed by atoms with E-state index in [4.69, 9.17) is 4.74 Å². The number of para-hydroxylation sites is 1. The average molecular weight is 376 g/mol. The van der Waals surface area contributed by atoms with Crippen LogP contribution in [0.4, 0.5) is 0 Å². The zero-order chi connectivity index (χ0) is 19.3. The van der Waals surface area contributed by atoms with Gasteiger partial charge in [0.05, 0.1) is 18.5 Å². The summed E-state index contributed by atoms with van der Waals surface area (Å²) in [7, 11) is 1.64. The van der Waals surface area contributed by atoms with Gasteiger partial charge in [-0.1, -0.05) is 18.2 Å². The van der Waals surface area contributed by atoms with Gasteiger partial charge in [0.1, 0.15) is 5.75 Å². The van der Waals surface area contributed by atoms with Crippen LogP contribution in [0.2, 0.25) is 0 Å². The fraction of sp³-hybridized carbons (Fsp3) is 0.273. The van der Waals surface area contributed by atoms with E-state index in [-0.39, 0.29) is 11.9 Å². The van der Waals surface area contributed by atoms with E-state index in [9.17, 15) is 4.79 Å². The highest BCUT2D eigenvalue weighted by molar-refractivity contribution is 5.93. The van der Waals surface area contributed by atoms with E-state index in [1.165, 1.54) is 0 Å². The van der Waals surface area contributed by atoms with Crippen LogP contribution < -0.4 is 15.4 Å². The quantitative estimate of drug-likeness (QED) is 0.718. The summed E-state index contributed by atoms with van der Waals surface area (Å²) in [5.74, 6) is 0.649. The highest BCUT2D eigenvalue weighted by atomic mass is 16.5. The van der Waals surface area contributed by atoms with Crippen LogP contribution in [0.5, 0.6) is 5.75 Å². The minimum absolute atomic E-state index is 0.141. The predicted molar refractivity (Wildman–Crippen MR) is 109 cm³/mol. The smallest absolute Gasteiger partial charge is 0.272 e. The van der Waals surface area contributed by atoms with Gasteiger partial charge in [-0.15, -0.1) is 0 Å². The first-order chi connectivity index (χ1) is 13.7. The Kier molecular flexibility index (Phi) is 5.39. The zero-order valence-corrected chi connectivity index (χ0v) is 15.9. The standard InChI is InChI=1S/C22H24N4O2/c1-28-19-11-9-16(10-12-19)21-14-20(22(27)24-17-6-5-13-23-15-17)25-26(21)18-7-3-2-4-8-18/h2-4,7-12,14,17,23H,5-6,13,15H2,1H3,(H,24,27). The number of methoxy groups -OCH3 is 1. The van der Waals surface area contributed by atoms with Gasteiger partial charge in [-0.3, -0.25) is 4.79 Å². The number of nitrogens with one attached hydrogen (secondary N) is 2. The molecule has 1 aliphatic heterocycles. The minimum Gasteiger partial charge on any atom is -0.497 e. The fourth-order valence-corrected chi connectivity index (χ4v) is 3.46. The summed E-state index contributed by atoms with van der Waals surface area (Å²) in [4.78, 5) is 12.8. The van der Waals surface area contributed by atoms with Crippen LogP contribution in [-0.4, -0.2) is 41.9 Å². The fourth-order valence-electron chi connectivity index (χ4n) is 3.46. The van der Waals surface area contributed by atoms with Crippen molar-refractivity contribution in [3.05, 3.63) is 66.4 Å². The lowest BCUT2D eigenvalue weighted by molar-refractivity contribution is 0.0925. The van der Waals surface area contributed by atoms with Gasteiger partial charge in [0.25, 0.3) is 5.91 Å². The number of benzene rings is 2. The maximum absolute atomic E-state index is 12.8. The Labute approximate surface area is 164 Å². The number of amides is 1. The number of carbonyl (C=O) groups is 1. The first-order valence-corrected chi connectivity index (χ1v) is 9.56. The summed E-state index contributed by atoms with van der Waals surface area (Å²) in [5, 5.41) is 11.0. The third-order valence-electron chi connectivity index (χ3n) is 4.96. The van der Waals surface area contributed by atoms with Crippen molar-refractivity contribution >= 4 is 5.91 Å². The molecule has 6 nitrogen and oxygen atoms in total. The lowest BCUT2D eigenvalue weighted by Crippen LogP contribution is -2.45. The Morgan fingerprint density at radius 3 is 2.64 bits per heavy atom. The Balaban J connectivity index is 1.68. The van der Waals surface area contributed by atoms with Crippen molar-refractivity contribution in [2.75, 3.05) is 20.2 Å². The second-order valence-corrected chi connectivity index (χ2v) is 6.91. The summed E-state index contributed by atoms with van der Waals surface area (Å²) in [6.45, 7) is 1.81. The van der Waals surface area contributed by atoms with E-state index in [2.05, 4.69) is 15.7 Å². The van der Waals surface area contributed by atoms with E-state index in [0.717, 1.165) is 48.6 Å². The molecule has 1 atom stereocenters. The Morgan fingerprint density at radius 2 is 1.96 bits per heavy atom. The molecule has 1 fully saturated rings. The van der Waals surface area contributed by atoms with Gasteiger partial charge < -0.3 is 15.4 Å². The molecule has 1 aliphatic rings. The lowest BCUT2D eigenvalue weighted by Gasteiger charge is -2.23. The predicted octanol–water partition coefficient (Wildman–Crippen LogP) is 3.03. The van der Waals surface area contributed by atoms with Gasteiger partial charge in [0.2, 0.25) is 0 Å². The monoisotopic (exact) mass is 376 g/mol. The third-order valence-corrected chi connectivity index (χ3v) is 4.96. The van der Waals surface area contributed by atoms with E-state index in [1.54, 1.807) is 7.11 Å². The van der Waals surface area contributed by atoms with Gasteiger partial charge >= 0.3 is 0 Å². The van der Waals surface area contributed by atoms with Crippen molar-refractivity contribution < 1.29 is 9.53 Å². The number of hydrogen-bond acceptors (Lipinski definition) is 4. The van der Waals surface area contributed by atoms with E-state index < -0.39 is 0 Å². The summed E-state index contributed by atoms with van der Waals surface area (Å²) in [6.07, 6.45) is 2.06. The van der Waals surface area contributed by atoms with Crippen LogP contribution in [-0.2, 0) is 0 Å². The summed E-state index contributed by atoms with van der Waals surface area (Å²) in [6, 6.07) is 19.6. The molecule has 1 unspecified atom stereocenters. The maximum Gasteiger partial charge on any atom is 0.272 e. The van der Waals surface area contributed by atoms with Crippen LogP contribution >= 0.6 is 0 Å². The van der Waals surface area contributed by atoms with Crippen LogP contribution in [0, 0.1) is 0 Å². The maximum atomic E-state index is 12.8. The van der Waals surface area contributed by atoms with Gasteiger partial charge in [0, 0.05) is 18.2 Å². The van der Waals surface area contributed by atoms with Crippen molar-refractivity contribution in [3.8, 4) is 22.7 Å². The van der Waals surface area contributed by atoms with Gasteiger partial charge in [0.15, 0.2) is 5.69 Å². The number of rotatable bonds is 5. The largest absolute Gasteiger partial charge is 0.497 e. The molecule has 0 bridgehead atoms. The second-order valence-electron chi connectivity index (χ2n) is 6.91. The molecule has 6 heteroatoms. The first-order valence-electron chi connectivity index (χ1n) is 9.56. The molecule has 0 spiro atoms. The molecule has 1 aromatic heterocycles. The van der Waals surface area contributed by atoms with Gasteiger partial charge in [-0.25, -0.2) is 4.68 Å². The number of ether oxygens (including phenoxy) is 1. The molecule has 0 radical (unpaired) electrons. The van der Waals surface area contributed by atoms with Crippen LogP contribution in [0.3, 0.4) is 0 Å². The van der Waals surface area contributed by atoms with Crippen molar-refractivity contribution in [2.24, 2.45) is 0 Å². The molecular weight excluding hydrogens is 352 g/mol. The van der Waals surface area contributed by atoms with Gasteiger partial charge in [-0.05, 0) is 61.9 Å². The molecule has 1 amide bonds. The van der Waals surface area contributed by atoms with E-state index in [0.29, 0.717) is 5.69 Å². The Hall–Kier alpha value is -3.12. The van der Waals surface area contributed by atoms with Crippen molar-refractivity contribution in [1.82, 2.24) is 20.4 Å². The lowest BCUT2D eigenvalue weighted by atomic mass is 10.1. The molecule has 28 heavy (non-hydrogen) atoms. The number of carbonyl (C=O) groups excluding carboxylic acids is 1. The number of nitrogens with zero attached hydrogens (tertiary/aromatic N) is 2. The second kappa shape index (κ2) is 8.27. The number of piperidine rings is 1. The molecule has 2 N–H and O–H groups in total. The molecule has 3 aromatic rings. The summed E-state index contributed by atoms with van der Waals surface area (Å²) >= 11 is 0. The zero-order valence-electron chi connectivity index (χ0n) is 15.9. The Bertz CT molecular complexity index is 929. The minimum atomic E-state index is -0.141. The Morgan fingerprint density at radius 1 is 1.18 bits per heavy atom. The molecule has 2 aromatic carbocycles. The van der Waals surface area contributed by atoms with Crippen LogP contribution in [0.1, 0.15) is 23.3 Å². The van der Waals surface area contributed by atoms with Crippen molar-refractivity contribution in [1.29, 1.82) is 0 Å². The molecule has 1 saturated heterocycles. The SMILES string of the molecule is COc1ccc(-c2cc(C(=O)NC3CCCNC3)nn2-c2ccccc2)cc1. The molecular formula is C22H24N4O2. The molecule has 0 aliphatic carbocycles. The number of aromatic nitrogens is 2. The highest BCUT2D eigenvalue weighted by Crippen LogP contribution is 2.26. The molecule has 4 rings (SSSR count). The summed E-state index contributed by atoms with van der Waals surface area (Å²) in [5.41, 5.74) is 3.16. The topological polar surface area (TPSA) is 68.2 Å². The molecule has 0 saturated carbocycles. The normalized spacial score (nSPS) is 16.5. The van der Waals surface area contributed by atoms with Crippen molar-refractivity contribution in [2.45, 2.75) is 18.9 Å². The average Bonchev–Trinajstić information content (AvgIpc) is 3.21. The summed E-state index contributed by atoms with van der Waals surface area (Å²) < 4.78 is 7.07. The van der Waals surface area contributed by atoms with E-state index in [1.807, 2.05) is 65.3 Å². The molecule has 144 valence electrons. The highest BCUT2D eigenvalue weighted by Gasteiger charge is 2.20. The number of hydrogen-bond donors (Lipinski definition) is 2. The van der Waals surface area contributed by atoms with Crippen molar-refractivity contribution in [3.63, 3.8) is 0 Å². The molecule has 2 heterocycles. The van der Waals surface area contributed by atoms with Crippen LogP contribution in [0.25, 0.3) is 16.9 Å². The van der Waals surface area contributed by atoms with E-state index >= 15 is 0 Å². The van der Waals surface area contributed by atoms with Crippen LogP contribution in [0.15, 0.2) is 60.7 Å². The third kappa shape index (κ3) is 3.92. The first kappa shape index (κ1) is 18.3.